The number of carbonyl (C=O) groups excluding carboxylic acids is 2. The van der Waals surface area contributed by atoms with Crippen LogP contribution in [0.2, 0.25) is 0 Å². The van der Waals surface area contributed by atoms with Crippen molar-refractivity contribution in [2.75, 3.05) is 26.7 Å². The lowest BCUT2D eigenvalue weighted by Gasteiger charge is -2.41. The van der Waals surface area contributed by atoms with Gasteiger partial charge in [-0.2, -0.15) is 0 Å². The van der Waals surface area contributed by atoms with Gasteiger partial charge in [0, 0.05) is 37.7 Å². The van der Waals surface area contributed by atoms with Crippen LogP contribution >= 0.6 is 0 Å². The molecule has 2 aromatic carbocycles. The number of nitrogens with zero attached hydrogens (tertiary/aromatic N) is 2. The number of para-hydroxylation sites is 1. The second-order valence-corrected chi connectivity index (χ2v) is 6.09. The zero-order valence-electron chi connectivity index (χ0n) is 14.5. The number of hydrogen-bond donors (Lipinski definition) is 0. The number of amides is 2. The van der Waals surface area contributed by atoms with Crippen LogP contribution in [-0.2, 0) is 4.79 Å². The van der Waals surface area contributed by atoms with E-state index in [1.165, 1.54) is 0 Å². The van der Waals surface area contributed by atoms with Crippen molar-refractivity contribution < 1.29 is 14.3 Å². The van der Waals surface area contributed by atoms with E-state index >= 15 is 0 Å². The Morgan fingerprint density at radius 1 is 1.00 bits per heavy atom. The number of methoxy groups -OCH3 is 1. The van der Waals surface area contributed by atoms with Crippen molar-refractivity contribution in [3.8, 4) is 5.75 Å². The molecule has 5 nitrogen and oxygen atoms in total. The standard InChI is InChI=1S/C20H22N2O3/c1-15(23)21-12-13-22(20(24)16-8-4-3-5-9-16)18(14-21)17-10-6-7-11-19(17)25-2/h3-11,18H,12-14H2,1-2H3/t18-/m1/s1. The van der Waals surface area contributed by atoms with Crippen molar-refractivity contribution in [1.29, 1.82) is 0 Å². The molecule has 0 unspecified atom stereocenters. The van der Waals surface area contributed by atoms with Crippen molar-refractivity contribution >= 4 is 11.8 Å². The van der Waals surface area contributed by atoms with E-state index in [9.17, 15) is 9.59 Å². The first kappa shape index (κ1) is 17.0. The number of ether oxygens (including phenoxy) is 1. The summed E-state index contributed by atoms with van der Waals surface area (Å²) in [6.07, 6.45) is 0. The normalized spacial score (nSPS) is 17.3. The minimum Gasteiger partial charge on any atom is -0.496 e. The molecule has 1 atom stereocenters. The van der Waals surface area contributed by atoms with Crippen LogP contribution < -0.4 is 4.74 Å². The summed E-state index contributed by atoms with van der Waals surface area (Å²) >= 11 is 0. The number of hydrogen-bond acceptors (Lipinski definition) is 3. The van der Waals surface area contributed by atoms with E-state index in [-0.39, 0.29) is 17.9 Å². The van der Waals surface area contributed by atoms with Gasteiger partial charge in [-0.25, -0.2) is 0 Å². The van der Waals surface area contributed by atoms with Crippen molar-refractivity contribution in [1.82, 2.24) is 9.80 Å². The highest BCUT2D eigenvalue weighted by atomic mass is 16.5. The van der Waals surface area contributed by atoms with Gasteiger partial charge in [0.2, 0.25) is 5.91 Å². The number of piperazine rings is 1. The fourth-order valence-electron chi connectivity index (χ4n) is 3.27. The Labute approximate surface area is 147 Å². The topological polar surface area (TPSA) is 49.9 Å². The van der Waals surface area contributed by atoms with Gasteiger partial charge in [-0.1, -0.05) is 36.4 Å². The molecule has 0 radical (unpaired) electrons. The minimum atomic E-state index is -0.235. The molecule has 2 amide bonds. The third kappa shape index (κ3) is 3.50. The molecule has 0 spiro atoms. The molecule has 2 aromatic rings. The SMILES string of the molecule is COc1ccccc1[C@H]1CN(C(C)=O)CCN1C(=O)c1ccccc1. The van der Waals surface area contributed by atoms with E-state index in [2.05, 4.69) is 0 Å². The molecule has 25 heavy (non-hydrogen) atoms. The Bertz CT molecular complexity index is 761. The Morgan fingerprint density at radius 2 is 1.68 bits per heavy atom. The Kier molecular flexibility index (Phi) is 5.03. The van der Waals surface area contributed by atoms with Gasteiger partial charge in [-0.3, -0.25) is 9.59 Å². The van der Waals surface area contributed by atoms with E-state index in [4.69, 9.17) is 4.74 Å². The fourth-order valence-corrected chi connectivity index (χ4v) is 3.27. The molecular weight excluding hydrogens is 316 g/mol. The van der Waals surface area contributed by atoms with Crippen molar-refractivity contribution in [3.05, 3.63) is 65.7 Å². The highest BCUT2D eigenvalue weighted by Crippen LogP contribution is 2.33. The van der Waals surface area contributed by atoms with Crippen LogP contribution in [0.15, 0.2) is 54.6 Å². The van der Waals surface area contributed by atoms with E-state index in [1.807, 2.05) is 59.5 Å². The van der Waals surface area contributed by atoms with Crippen LogP contribution in [0.5, 0.6) is 5.75 Å². The number of carbonyl (C=O) groups is 2. The molecular formula is C20H22N2O3. The Balaban J connectivity index is 1.98. The van der Waals surface area contributed by atoms with Crippen LogP contribution in [0.4, 0.5) is 0 Å². The van der Waals surface area contributed by atoms with Gasteiger partial charge in [-0.05, 0) is 18.2 Å². The lowest BCUT2D eigenvalue weighted by Crippen LogP contribution is -2.52. The summed E-state index contributed by atoms with van der Waals surface area (Å²) in [5.41, 5.74) is 1.57. The molecule has 0 aliphatic carbocycles. The first-order chi connectivity index (χ1) is 12.1. The summed E-state index contributed by atoms with van der Waals surface area (Å²) in [5, 5.41) is 0. The molecule has 130 valence electrons. The summed E-state index contributed by atoms with van der Waals surface area (Å²) in [6.45, 7) is 3.07. The van der Waals surface area contributed by atoms with Gasteiger partial charge in [0.1, 0.15) is 5.75 Å². The zero-order chi connectivity index (χ0) is 17.8. The predicted molar refractivity (Wildman–Crippen MR) is 95.5 cm³/mol. The first-order valence-electron chi connectivity index (χ1n) is 8.36. The number of rotatable bonds is 3. The molecule has 1 fully saturated rings. The second kappa shape index (κ2) is 7.38. The lowest BCUT2D eigenvalue weighted by molar-refractivity contribution is -0.131. The van der Waals surface area contributed by atoms with Crippen LogP contribution in [0, 0.1) is 0 Å². The van der Waals surface area contributed by atoms with Gasteiger partial charge in [0.25, 0.3) is 5.91 Å². The monoisotopic (exact) mass is 338 g/mol. The quantitative estimate of drug-likeness (QED) is 0.865. The molecule has 0 aromatic heterocycles. The molecule has 0 saturated carbocycles. The molecule has 0 N–H and O–H groups in total. The average Bonchev–Trinajstić information content (AvgIpc) is 2.67. The van der Waals surface area contributed by atoms with Crippen molar-refractivity contribution in [3.63, 3.8) is 0 Å². The maximum atomic E-state index is 13.0. The Morgan fingerprint density at radius 3 is 2.36 bits per heavy atom. The van der Waals surface area contributed by atoms with E-state index in [0.717, 1.165) is 11.3 Å². The molecule has 1 heterocycles. The fraction of sp³-hybridized carbons (Fsp3) is 0.300. The third-order valence-electron chi connectivity index (χ3n) is 4.61. The summed E-state index contributed by atoms with van der Waals surface area (Å²) < 4.78 is 5.49. The summed E-state index contributed by atoms with van der Waals surface area (Å²) in [7, 11) is 1.62. The van der Waals surface area contributed by atoms with Crippen molar-refractivity contribution in [2.45, 2.75) is 13.0 Å². The maximum Gasteiger partial charge on any atom is 0.254 e. The molecule has 0 bridgehead atoms. The minimum absolute atomic E-state index is 0.0201. The average molecular weight is 338 g/mol. The lowest BCUT2D eigenvalue weighted by atomic mass is 9.99. The van der Waals surface area contributed by atoms with Crippen molar-refractivity contribution in [2.24, 2.45) is 0 Å². The molecule has 1 aliphatic rings. The smallest absolute Gasteiger partial charge is 0.254 e. The van der Waals surface area contributed by atoms with Crippen LogP contribution in [0.1, 0.15) is 28.9 Å². The number of benzene rings is 2. The highest BCUT2D eigenvalue weighted by Gasteiger charge is 2.34. The molecule has 1 saturated heterocycles. The first-order valence-corrected chi connectivity index (χ1v) is 8.36. The summed E-state index contributed by atoms with van der Waals surface area (Å²) in [6, 6.07) is 16.7. The Hall–Kier alpha value is -2.82. The largest absolute Gasteiger partial charge is 0.496 e. The van der Waals surface area contributed by atoms with Crippen LogP contribution in [0.3, 0.4) is 0 Å². The van der Waals surface area contributed by atoms with Crippen LogP contribution in [0.25, 0.3) is 0 Å². The van der Waals surface area contributed by atoms with E-state index in [0.29, 0.717) is 25.2 Å². The highest BCUT2D eigenvalue weighted by molar-refractivity contribution is 5.94. The third-order valence-corrected chi connectivity index (χ3v) is 4.61. The van der Waals surface area contributed by atoms with Gasteiger partial charge in [0.15, 0.2) is 0 Å². The maximum absolute atomic E-state index is 13.0. The second-order valence-electron chi connectivity index (χ2n) is 6.09. The van der Waals surface area contributed by atoms with Gasteiger partial charge < -0.3 is 14.5 Å². The summed E-state index contributed by atoms with van der Waals surface area (Å²) in [5.74, 6) is 0.718. The van der Waals surface area contributed by atoms with Crippen LogP contribution in [-0.4, -0.2) is 48.4 Å². The van der Waals surface area contributed by atoms with E-state index in [1.54, 1.807) is 18.9 Å². The predicted octanol–water partition coefficient (Wildman–Crippen LogP) is 2.74. The molecule has 3 rings (SSSR count). The summed E-state index contributed by atoms with van der Waals surface area (Å²) in [4.78, 5) is 28.5. The van der Waals surface area contributed by atoms with Gasteiger partial charge in [-0.15, -0.1) is 0 Å². The molecule has 5 heteroatoms. The van der Waals surface area contributed by atoms with E-state index < -0.39 is 0 Å². The molecule has 1 aliphatic heterocycles. The zero-order valence-corrected chi connectivity index (χ0v) is 14.5. The van der Waals surface area contributed by atoms with Gasteiger partial charge in [0.05, 0.1) is 13.2 Å². The van der Waals surface area contributed by atoms with Gasteiger partial charge >= 0.3 is 0 Å².